The SMILES string of the molecule is COCC(C)NC(=O)COc1cc(F)ccc1[N+](=O)[O-]. The van der Waals surface area contributed by atoms with Crippen molar-refractivity contribution < 1.29 is 23.6 Å². The Kier molecular flexibility index (Phi) is 5.85. The number of hydrogen-bond donors (Lipinski definition) is 1. The summed E-state index contributed by atoms with van der Waals surface area (Å²) in [4.78, 5) is 21.5. The molecule has 110 valence electrons. The Bertz CT molecular complexity index is 495. The summed E-state index contributed by atoms with van der Waals surface area (Å²) < 4.78 is 22.9. The third-order valence-corrected chi connectivity index (χ3v) is 2.30. The van der Waals surface area contributed by atoms with Crippen LogP contribution in [0.2, 0.25) is 0 Å². The number of nitro groups is 1. The Balaban J connectivity index is 2.63. The maximum absolute atomic E-state index is 13.0. The van der Waals surface area contributed by atoms with Gasteiger partial charge in [-0.15, -0.1) is 0 Å². The highest BCUT2D eigenvalue weighted by molar-refractivity contribution is 5.78. The molecule has 20 heavy (non-hydrogen) atoms. The van der Waals surface area contributed by atoms with Gasteiger partial charge in [0.25, 0.3) is 5.91 Å². The molecule has 1 N–H and O–H groups in total. The molecule has 1 rings (SSSR count). The van der Waals surface area contributed by atoms with Crippen LogP contribution in [0.25, 0.3) is 0 Å². The molecule has 0 radical (unpaired) electrons. The van der Waals surface area contributed by atoms with E-state index in [1.165, 1.54) is 7.11 Å². The first kappa shape index (κ1) is 15.8. The van der Waals surface area contributed by atoms with E-state index in [1.807, 2.05) is 0 Å². The number of halogens is 1. The van der Waals surface area contributed by atoms with Crippen LogP contribution in [0, 0.1) is 15.9 Å². The number of nitro benzene ring substituents is 1. The van der Waals surface area contributed by atoms with Crippen LogP contribution in [0.15, 0.2) is 18.2 Å². The number of nitrogens with one attached hydrogen (secondary N) is 1. The third kappa shape index (κ3) is 4.81. The molecule has 8 heteroatoms. The summed E-state index contributed by atoms with van der Waals surface area (Å²) in [7, 11) is 1.50. The second kappa shape index (κ2) is 7.39. The first-order valence-corrected chi connectivity index (χ1v) is 5.79. The molecular formula is C12H15FN2O5. The normalized spacial score (nSPS) is 11.8. The van der Waals surface area contributed by atoms with Crippen LogP contribution in [0.1, 0.15) is 6.92 Å². The Morgan fingerprint density at radius 1 is 1.55 bits per heavy atom. The molecule has 1 atom stereocenters. The fourth-order valence-corrected chi connectivity index (χ4v) is 1.51. The molecule has 0 aliphatic carbocycles. The zero-order valence-electron chi connectivity index (χ0n) is 11.1. The number of rotatable bonds is 7. The number of amides is 1. The van der Waals surface area contributed by atoms with Gasteiger partial charge in [0.1, 0.15) is 5.82 Å². The minimum Gasteiger partial charge on any atom is -0.477 e. The van der Waals surface area contributed by atoms with E-state index in [2.05, 4.69) is 5.32 Å². The first-order chi connectivity index (χ1) is 9.43. The predicted molar refractivity (Wildman–Crippen MR) is 68.0 cm³/mol. The van der Waals surface area contributed by atoms with Crippen LogP contribution in [0.5, 0.6) is 5.75 Å². The molecular weight excluding hydrogens is 271 g/mol. The molecule has 0 aliphatic heterocycles. The van der Waals surface area contributed by atoms with Crippen LogP contribution < -0.4 is 10.1 Å². The van der Waals surface area contributed by atoms with Gasteiger partial charge >= 0.3 is 5.69 Å². The summed E-state index contributed by atoms with van der Waals surface area (Å²) in [6.45, 7) is 1.61. The van der Waals surface area contributed by atoms with Gasteiger partial charge in [0.15, 0.2) is 6.61 Å². The predicted octanol–water partition coefficient (Wildman–Crippen LogP) is 1.26. The standard InChI is InChI=1S/C12H15FN2O5/c1-8(6-19-2)14-12(16)7-20-11-5-9(13)3-4-10(11)15(17)18/h3-5,8H,6-7H2,1-2H3,(H,14,16). The topological polar surface area (TPSA) is 90.7 Å². The van der Waals surface area contributed by atoms with E-state index in [9.17, 15) is 19.3 Å². The highest BCUT2D eigenvalue weighted by atomic mass is 19.1. The lowest BCUT2D eigenvalue weighted by Gasteiger charge is -2.13. The Morgan fingerprint density at radius 2 is 2.25 bits per heavy atom. The van der Waals surface area contributed by atoms with Crippen LogP contribution in [-0.4, -0.2) is 37.2 Å². The van der Waals surface area contributed by atoms with E-state index in [4.69, 9.17) is 9.47 Å². The summed E-state index contributed by atoms with van der Waals surface area (Å²) >= 11 is 0. The lowest BCUT2D eigenvalue weighted by atomic mass is 10.3. The van der Waals surface area contributed by atoms with Crippen LogP contribution in [0.4, 0.5) is 10.1 Å². The zero-order chi connectivity index (χ0) is 15.1. The maximum atomic E-state index is 13.0. The highest BCUT2D eigenvalue weighted by Gasteiger charge is 2.17. The van der Waals surface area contributed by atoms with E-state index >= 15 is 0 Å². The van der Waals surface area contributed by atoms with E-state index in [-0.39, 0.29) is 11.8 Å². The van der Waals surface area contributed by atoms with Crippen LogP contribution >= 0.6 is 0 Å². The van der Waals surface area contributed by atoms with Gasteiger partial charge in [-0.05, 0) is 13.0 Å². The molecule has 0 aromatic heterocycles. The lowest BCUT2D eigenvalue weighted by Crippen LogP contribution is -2.38. The Hall–Kier alpha value is -2.22. The first-order valence-electron chi connectivity index (χ1n) is 5.79. The van der Waals surface area contributed by atoms with Crippen molar-refractivity contribution in [2.24, 2.45) is 0 Å². The molecule has 1 unspecified atom stereocenters. The van der Waals surface area contributed by atoms with Crippen molar-refractivity contribution in [1.82, 2.24) is 5.32 Å². The fourth-order valence-electron chi connectivity index (χ4n) is 1.51. The van der Waals surface area contributed by atoms with Crippen molar-refractivity contribution in [3.63, 3.8) is 0 Å². The largest absolute Gasteiger partial charge is 0.477 e. The van der Waals surface area contributed by atoms with Gasteiger partial charge in [0.2, 0.25) is 5.75 Å². The van der Waals surface area contributed by atoms with Gasteiger partial charge in [-0.3, -0.25) is 14.9 Å². The van der Waals surface area contributed by atoms with Crippen molar-refractivity contribution in [3.8, 4) is 5.75 Å². The second-order valence-electron chi connectivity index (χ2n) is 4.08. The van der Waals surface area contributed by atoms with Gasteiger partial charge in [-0.1, -0.05) is 0 Å². The minimum atomic E-state index is -0.708. The van der Waals surface area contributed by atoms with Crippen molar-refractivity contribution in [2.75, 3.05) is 20.3 Å². The molecule has 0 saturated carbocycles. The summed E-state index contributed by atoms with van der Waals surface area (Å²) in [6.07, 6.45) is 0. The molecule has 0 saturated heterocycles. The Morgan fingerprint density at radius 3 is 2.85 bits per heavy atom. The average Bonchev–Trinajstić information content (AvgIpc) is 2.36. The van der Waals surface area contributed by atoms with Gasteiger partial charge in [0.05, 0.1) is 11.5 Å². The van der Waals surface area contributed by atoms with E-state index in [1.54, 1.807) is 6.92 Å². The third-order valence-electron chi connectivity index (χ3n) is 2.30. The van der Waals surface area contributed by atoms with Crippen molar-refractivity contribution in [1.29, 1.82) is 0 Å². The number of ether oxygens (including phenoxy) is 2. The molecule has 0 bridgehead atoms. The number of methoxy groups -OCH3 is 1. The molecule has 0 aliphatic rings. The summed E-state index contributed by atoms with van der Waals surface area (Å²) in [6, 6.07) is 2.57. The second-order valence-corrected chi connectivity index (χ2v) is 4.08. The lowest BCUT2D eigenvalue weighted by molar-refractivity contribution is -0.385. The smallest absolute Gasteiger partial charge is 0.311 e. The number of carbonyl (C=O) groups excluding carboxylic acids is 1. The Labute approximate surface area is 114 Å². The molecule has 1 aromatic carbocycles. The van der Waals surface area contributed by atoms with E-state index in [0.29, 0.717) is 6.61 Å². The molecule has 0 spiro atoms. The van der Waals surface area contributed by atoms with Gasteiger partial charge < -0.3 is 14.8 Å². The fraction of sp³-hybridized carbons (Fsp3) is 0.417. The monoisotopic (exact) mass is 286 g/mol. The zero-order valence-corrected chi connectivity index (χ0v) is 11.1. The van der Waals surface area contributed by atoms with Crippen LogP contribution in [0.3, 0.4) is 0 Å². The van der Waals surface area contributed by atoms with Crippen molar-refractivity contribution in [2.45, 2.75) is 13.0 Å². The molecule has 1 aromatic rings. The van der Waals surface area contributed by atoms with Crippen LogP contribution in [-0.2, 0) is 9.53 Å². The van der Waals surface area contributed by atoms with Crippen molar-refractivity contribution in [3.05, 3.63) is 34.1 Å². The van der Waals surface area contributed by atoms with E-state index < -0.39 is 28.9 Å². The van der Waals surface area contributed by atoms with Gasteiger partial charge in [-0.2, -0.15) is 0 Å². The van der Waals surface area contributed by atoms with Gasteiger partial charge in [0, 0.05) is 25.3 Å². The average molecular weight is 286 g/mol. The van der Waals surface area contributed by atoms with Crippen molar-refractivity contribution >= 4 is 11.6 Å². The summed E-state index contributed by atoms with van der Waals surface area (Å²) in [5.41, 5.74) is -0.399. The number of nitrogens with zero attached hydrogens (tertiary/aromatic N) is 1. The van der Waals surface area contributed by atoms with Gasteiger partial charge in [-0.25, -0.2) is 4.39 Å². The highest BCUT2D eigenvalue weighted by Crippen LogP contribution is 2.27. The maximum Gasteiger partial charge on any atom is 0.311 e. The quantitative estimate of drug-likeness (QED) is 0.602. The summed E-state index contributed by atoms with van der Waals surface area (Å²) in [5.74, 6) is -1.45. The summed E-state index contributed by atoms with van der Waals surface area (Å²) in [5, 5.41) is 13.3. The molecule has 0 heterocycles. The number of benzene rings is 1. The van der Waals surface area contributed by atoms with E-state index in [0.717, 1.165) is 18.2 Å². The minimum absolute atomic E-state index is 0.224. The number of carbonyl (C=O) groups is 1. The molecule has 0 fully saturated rings. The molecule has 1 amide bonds. The number of hydrogen-bond acceptors (Lipinski definition) is 5. The molecule has 7 nitrogen and oxygen atoms in total.